The van der Waals surface area contributed by atoms with E-state index in [9.17, 15) is 4.79 Å². The summed E-state index contributed by atoms with van der Waals surface area (Å²) < 4.78 is 5.10. The van der Waals surface area contributed by atoms with Crippen molar-refractivity contribution in [2.45, 2.75) is 6.42 Å². The molecule has 0 fully saturated rings. The SMILES string of the molecule is COc1ccc(/C=N\OCC(=O)Nc2ccc3c(c2)-c2ccccc2C3)cc1. The van der Waals surface area contributed by atoms with Gasteiger partial charge in [-0.2, -0.15) is 0 Å². The number of carbonyl (C=O) groups excluding carboxylic acids is 1. The molecule has 0 aliphatic heterocycles. The summed E-state index contributed by atoms with van der Waals surface area (Å²) in [5, 5.41) is 6.70. The van der Waals surface area contributed by atoms with Gasteiger partial charge in [0.15, 0.2) is 6.61 Å². The molecule has 0 saturated carbocycles. The highest BCUT2D eigenvalue weighted by Gasteiger charge is 2.18. The minimum absolute atomic E-state index is 0.152. The normalized spacial score (nSPS) is 11.8. The first-order chi connectivity index (χ1) is 13.7. The first-order valence-corrected chi connectivity index (χ1v) is 9.03. The maximum absolute atomic E-state index is 12.1. The summed E-state index contributed by atoms with van der Waals surface area (Å²) >= 11 is 0. The minimum Gasteiger partial charge on any atom is -0.497 e. The van der Waals surface area contributed by atoms with Crippen molar-refractivity contribution >= 4 is 17.8 Å². The summed E-state index contributed by atoms with van der Waals surface area (Å²) in [6, 6.07) is 21.7. The number of oxime groups is 1. The topological polar surface area (TPSA) is 59.9 Å². The van der Waals surface area contributed by atoms with Crippen LogP contribution < -0.4 is 10.1 Å². The number of nitrogens with zero attached hydrogens (tertiary/aromatic N) is 1. The number of rotatable bonds is 6. The molecular weight excluding hydrogens is 352 g/mol. The van der Waals surface area contributed by atoms with E-state index < -0.39 is 0 Å². The van der Waals surface area contributed by atoms with Gasteiger partial charge in [-0.3, -0.25) is 4.79 Å². The summed E-state index contributed by atoms with van der Waals surface area (Å²) in [5.41, 5.74) is 6.61. The molecule has 5 nitrogen and oxygen atoms in total. The maximum atomic E-state index is 12.1. The summed E-state index contributed by atoms with van der Waals surface area (Å²) in [6.45, 7) is -0.152. The van der Waals surface area contributed by atoms with Gasteiger partial charge in [0.1, 0.15) is 5.75 Å². The molecule has 28 heavy (non-hydrogen) atoms. The molecule has 1 aliphatic carbocycles. The van der Waals surface area contributed by atoms with Crippen LogP contribution in [0.15, 0.2) is 71.9 Å². The lowest BCUT2D eigenvalue weighted by Crippen LogP contribution is -2.17. The largest absolute Gasteiger partial charge is 0.497 e. The van der Waals surface area contributed by atoms with Gasteiger partial charge < -0.3 is 14.9 Å². The van der Waals surface area contributed by atoms with E-state index in [1.54, 1.807) is 13.3 Å². The van der Waals surface area contributed by atoms with E-state index >= 15 is 0 Å². The molecule has 1 amide bonds. The number of carbonyl (C=O) groups is 1. The number of benzene rings is 3. The molecule has 1 aliphatic rings. The number of anilines is 1. The Morgan fingerprint density at radius 1 is 1.04 bits per heavy atom. The van der Waals surface area contributed by atoms with Gasteiger partial charge in [0.05, 0.1) is 13.3 Å². The molecule has 1 N–H and O–H groups in total. The van der Waals surface area contributed by atoms with Crippen LogP contribution in [0.3, 0.4) is 0 Å². The Morgan fingerprint density at radius 3 is 2.64 bits per heavy atom. The lowest BCUT2D eigenvalue weighted by Gasteiger charge is -2.07. The fourth-order valence-electron chi connectivity index (χ4n) is 3.28. The van der Waals surface area contributed by atoms with Crippen LogP contribution in [-0.2, 0) is 16.1 Å². The predicted molar refractivity (Wildman–Crippen MR) is 110 cm³/mol. The maximum Gasteiger partial charge on any atom is 0.265 e. The summed E-state index contributed by atoms with van der Waals surface area (Å²) in [7, 11) is 1.62. The molecule has 0 aromatic heterocycles. The molecule has 140 valence electrons. The predicted octanol–water partition coefficient (Wildman–Crippen LogP) is 4.26. The number of hydrogen-bond donors (Lipinski definition) is 1. The quantitative estimate of drug-likeness (QED) is 0.406. The second-order valence-electron chi connectivity index (χ2n) is 6.54. The summed E-state index contributed by atoms with van der Waals surface area (Å²) in [6.07, 6.45) is 2.49. The van der Waals surface area contributed by atoms with Gasteiger partial charge in [0, 0.05) is 5.69 Å². The third-order valence-corrected chi connectivity index (χ3v) is 4.67. The third-order valence-electron chi connectivity index (χ3n) is 4.67. The highest BCUT2D eigenvalue weighted by Crippen LogP contribution is 2.37. The van der Waals surface area contributed by atoms with E-state index in [0.29, 0.717) is 0 Å². The molecule has 4 rings (SSSR count). The van der Waals surface area contributed by atoms with Crippen LogP contribution in [0, 0.1) is 0 Å². The van der Waals surface area contributed by atoms with E-state index in [1.807, 2.05) is 42.5 Å². The highest BCUT2D eigenvalue weighted by atomic mass is 16.6. The molecule has 0 bridgehead atoms. The first kappa shape index (κ1) is 17.8. The van der Waals surface area contributed by atoms with Crippen molar-refractivity contribution in [2.75, 3.05) is 19.0 Å². The van der Waals surface area contributed by atoms with Crippen molar-refractivity contribution in [3.05, 3.63) is 83.4 Å². The molecule has 0 atom stereocenters. The average molecular weight is 372 g/mol. The summed E-state index contributed by atoms with van der Waals surface area (Å²) in [5.74, 6) is 0.521. The van der Waals surface area contributed by atoms with E-state index in [1.165, 1.54) is 22.3 Å². The Kier molecular flexibility index (Phi) is 5.06. The molecule has 5 heteroatoms. The average Bonchev–Trinajstić information content (AvgIpc) is 3.10. The van der Waals surface area contributed by atoms with Crippen LogP contribution >= 0.6 is 0 Å². The molecule has 3 aromatic rings. The fourth-order valence-corrected chi connectivity index (χ4v) is 3.28. The van der Waals surface area contributed by atoms with Gasteiger partial charge in [0.2, 0.25) is 0 Å². The Morgan fingerprint density at radius 2 is 1.82 bits per heavy atom. The second-order valence-corrected chi connectivity index (χ2v) is 6.54. The number of amides is 1. The van der Waals surface area contributed by atoms with Crippen LogP contribution in [-0.4, -0.2) is 25.8 Å². The van der Waals surface area contributed by atoms with Gasteiger partial charge in [-0.15, -0.1) is 0 Å². The summed E-state index contributed by atoms with van der Waals surface area (Å²) in [4.78, 5) is 17.2. The van der Waals surface area contributed by atoms with Crippen molar-refractivity contribution in [2.24, 2.45) is 5.16 Å². The van der Waals surface area contributed by atoms with Crippen molar-refractivity contribution < 1.29 is 14.4 Å². The molecule has 0 unspecified atom stereocenters. The monoisotopic (exact) mass is 372 g/mol. The zero-order valence-corrected chi connectivity index (χ0v) is 15.5. The van der Waals surface area contributed by atoms with Gasteiger partial charge in [-0.1, -0.05) is 35.5 Å². The van der Waals surface area contributed by atoms with Gasteiger partial charge in [0.25, 0.3) is 5.91 Å². The Bertz CT molecular complexity index is 1030. The zero-order chi connectivity index (χ0) is 19.3. The highest BCUT2D eigenvalue weighted by molar-refractivity contribution is 5.93. The van der Waals surface area contributed by atoms with E-state index in [-0.39, 0.29) is 12.5 Å². The molecule has 0 spiro atoms. The van der Waals surface area contributed by atoms with Crippen LogP contribution in [0.5, 0.6) is 5.75 Å². The molecule has 0 saturated heterocycles. The molecular formula is C23H20N2O3. The molecule has 3 aromatic carbocycles. The van der Waals surface area contributed by atoms with E-state index in [2.05, 4.69) is 34.7 Å². The number of hydrogen-bond acceptors (Lipinski definition) is 4. The second kappa shape index (κ2) is 7.96. The number of methoxy groups -OCH3 is 1. The Hall–Kier alpha value is -3.60. The van der Waals surface area contributed by atoms with Crippen LogP contribution in [0.2, 0.25) is 0 Å². The van der Waals surface area contributed by atoms with Crippen LogP contribution in [0.4, 0.5) is 5.69 Å². The van der Waals surface area contributed by atoms with Crippen molar-refractivity contribution in [3.8, 4) is 16.9 Å². The van der Waals surface area contributed by atoms with Crippen molar-refractivity contribution in [1.82, 2.24) is 0 Å². The molecule has 0 heterocycles. The first-order valence-electron chi connectivity index (χ1n) is 9.03. The number of ether oxygens (including phenoxy) is 1. The number of fused-ring (bicyclic) bond motifs is 3. The lowest BCUT2D eigenvalue weighted by molar-refractivity contribution is -0.120. The van der Waals surface area contributed by atoms with Gasteiger partial charge in [-0.05, 0) is 70.6 Å². The van der Waals surface area contributed by atoms with E-state index in [0.717, 1.165) is 23.4 Å². The number of nitrogens with one attached hydrogen (secondary N) is 1. The minimum atomic E-state index is -0.252. The van der Waals surface area contributed by atoms with Gasteiger partial charge >= 0.3 is 0 Å². The third kappa shape index (κ3) is 3.88. The van der Waals surface area contributed by atoms with Crippen molar-refractivity contribution in [1.29, 1.82) is 0 Å². The van der Waals surface area contributed by atoms with E-state index in [4.69, 9.17) is 9.57 Å². The van der Waals surface area contributed by atoms with Crippen LogP contribution in [0.1, 0.15) is 16.7 Å². The molecule has 0 radical (unpaired) electrons. The zero-order valence-electron chi connectivity index (χ0n) is 15.5. The van der Waals surface area contributed by atoms with Crippen molar-refractivity contribution in [3.63, 3.8) is 0 Å². The van der Waals surface area contributed by atoms with Gasteiger partial charge in [-0.25, -0.2) is 0 Å². The van der Waals surface area contributed by atoms with Crippen LogP contribution in [0.25, 0.3) is 11.1 Å². The Labute approximate surface area is 163 Å². The smallest absolute Gasteiger partial charge is 0.265 e. The Balaban J connectivity index is 1.33. The standard InChI is InChI=1S/C23H20N2O3/c1-27-20-10-6-16(7-11-20)14-24-28-15-23(26)25-19-9-8-18-12-17-4-2-3-5-21(17)22(18)13-19/h2-11,13-14H,12,15H2,1H3,(H,25,26)/b24-14-. The lowest BCUT2D eigenvalue weighted by atomic mass is 10.1. The fraction of sp³-hybridized carbons (Fsp3) is 0.130.